The van der Waals surface area contributed by atoms with Crippen LogP contribution >= 0.6 is 0 Å². The molecule has 0 aliphatic carbocycles. The first-order valence-corrected chi connectivity index (χ1v) is 4.04. The Balaban J connectivity index is 4.49. The van der Waals surface area contributed by atoms with E-state index in [1.807, 2.05) is 0 Å². The summed E-state index contributed by atoms with van der Waals surface area (Å²) >= 11 is 0. The first kappa shape index (κ1) is 10.5. The van der Waals surface area contributed by atoms with Crippen molar-refractivity contribution in [2.75, 3.05) is 0 Å². The third-order valence-corrected chi connectivity index (χ3v) is 1.32. The summed E-state index contributed by atoms with van der Waals surface area (Å²) in [7, 11) is 0. The lowest BCUT2D eigenvalue weighted by Crippen LogP contribution is -2.87. The summed E-state index contributed by atoms with van der Waals surface area (Å²) in [6.45, 7) is 12.6. The van der Waals surface area contributed by atoms with Crippen molar-refractivity contribution in [1.29, 1.82) is 0 Å². The molecule has 0 aromatic heterocycles. The predicted octanol–water partition coefficient (Wildman–Crippen LogP) is 0.269. The lowest BCUT2D eigenvalue weighted by molar-refractivity contribution is -0.542. The van der Waals surface area contributed by atoms with Crippen molar-refractivity contribution >= 4 is 5.84 Å². The van der Waals surface area contributed by atoms with Gasteiger partial charge in [0.1, 0.15) is 0 Å². The van der Waals surface area contributed by atoms with E-state index in [1.54, 1.807) is 0 Å². The Morgan fingerprint density at radius 2 is 1.36 bits per heavy atom. The van der Waals surface area contributed by atoms with Gasteiger partial charge in [0, 0.05) is 0 Å². The fourth-order valence-corrected chi connectivity index (χ4v) is 0.592. The smallest absolute Gasteiger partial charge is 0.246 e. The van der Waals surface area contributed by atoms with Crippen molar-refractivity contribution in [3.63, 3.8) is 0 Å². The molecule has 0 radical (unpaired) electrons. The van der Waals surface area contributed by atoms with Crippen LogP contribution in [0.25, 0.3) is 0 Å². The van der Waals surface area contributed by atoms with E-state index in [-0.39, 0.29) is 11.0 Å². The molecule has 0 fully saturated rings. The first-order chi connectivity index (χ1) is 4.63. The number of nitrogens with one attached hydrogen (secondary N) is 1. The fraction of sp³-hybridized carbons (Fsp3) is 0.889. The maximum Gasteiger partial charge on any atom is 0.246 e. The van der Waals surface area contributed by atoms with E-state index in [0.717, 1.165) is 5.84 Å². The van der Waals surface area contributed by atoms with Crippen LogP contribution in [0.5, 0.6) is 0 Å². The zero-order valence-electron chi connectivity index (χ0n) is 8.58. The lowest BCUT2D eigenvalue weighted by atomic mass is 9.94. The standard InChI is InChI=1S/C9H20N2/c1-8(2,3)7(10)11-9(4,5)6/h1-6H3,(H2,10,11)/p+1. The topological polar surface area (TPSA) is 40.0 Å². The molecule has 0 bridgehead atoms. The second-order valence-corrected chi connectivity index (χ2v) is 5.04. The lowest BCUT2D eigenvalue weighted by Gasteiger charge is -2.17. The van der Waals surface area contributed by atoms with E-state index in [9.17, 15) is 0 Å². The number of amidine groups is 1. The van der Waals surface area contributed by atoms with Gasteiger partial charge in [-0.25, -0.2) is 0 Å². The summed E-state index contributed by atoms with van der Waals surface area (Å²) in [5, 5.41) is 0. The number of hydrogen-bond donors (Lipinski definition) is 2. The minimum absolute atomic E-state index is 0.0489. The Bertz CT molecular complexity index is 155. The van der Waals surface area contributed by atoms with Crippen LogP contribution in [0.1, 0.15) is 41.5 Å². The molecule has 66 valence electrons. The highest BCUT2D eigenvalue weighted by Gasteiger charge is 2.23. The summed E-state index contributed by atoms with van der Waals surface area (Å²) < 4.78 is 0. The van der Waals surface area contributed by atoms with Gasteiger partial charge in [-0.2, -0.15) is 0 Å². The van der Waals surface area contributed by atoms with Gasteiger partial charge < -0.3 is 0 Å². The summed E-state index contributed by atoms with van der Waals surface area (Å²) in [6, 6.07) is 0. The van der Waals surface area contributed by atoms with Crippen molar-refractivity contribution in [2.24, 2.45) is 11.1 Å². The van der Waals surface area contributed by atoms with Crippen molar-refractivity contribution in [1.82, 2.24) is 0 Å². The second-order valence-electron chi connectivity index (χ2n) is 5.04. The first-order valence-electron chi connectivity index (χ1n) is 4.04. The summed E-state index contributed by atoms with van der Waals surface area (Å²) in [6.07, 6.45) is 0. The normalized spacial score (nSPS) is 15.3. The van der Waals surface area contributed by atoms with Crippen LogP contribution in [-0.4, -0.2) is 11.4 Å². The largest absolute Gasteiger partial charge is 0.291 e. The van der Waals surface area contributed by atoms with Gasteiger partial charge in [-0.05, 0) is 41.5 Å². The zero-order chi connectivity index (χ0) is 9.28. The molecule has 0 unspecified atom stereocenters. The molecule has 0 rings (SSSR count). The van der Waals surface area contributed by atoms with Crippen LogP contribution in [0.15, 0.2) is 0 Å². The highest BCUT2D eigenvalue weighted by molar-refractivity contribution is 5.79. The highest BCUT2D eigenvalue weighted by Crippen LogP contribution is 2.09. The van der Waals surface area contributed by atoms with Crippen LogP contribution in [0, 0.1) is 5.41 Å². The van der Waals surface area contributed by atoms with E-state index in [0.29, 0.717) is 0 Å². The average molecular weight is 157 g/mol. The molecule has 0 aromatic rings. The van der Waals surface area contributed by atoms with Crippen LogP contribution in [-0.2, 0) is 0 Å². The molecule has 0 aliphatic heterocycles. The van der Waals surface area contributed by atoms with E-state index in [4.69, 9.17) is 5.73 Å². The molecular weight excluding hydrogens is 136 g/mol. The third kappa shape index (κ3) is 4.82. The van der Waals surface area contributed by atoms with E-state index < -0.39 is 0 Å². The maximum absolute atomic E-state index is 5.84. The Kier molecular flexibility index (Phi) is 2.70. The average Bonchev–Trinajstić information content (AvgIpc) is 1.56. The van der Waals surface area contributed by atoms with E-state index in [1.165, 1.54) is 0 Å². The minimum atomic E-state index is 0.0489. The van der Waals surface area contributed by atoms with Gasteiger partial charge in [-0.15, -0.1) is 0 Å². The molecule has 0 heterocycles. The van der Waals surface area contributed by atoms with Crippen molar-refractivity contribution in [3.05, 3.63) is 0 Å². The molecule has 2 heteroatoms. The van der Waals surface area contributed by atoms with E-state index >= 15 is 0 Å². The Labute approximate surface area is 69.9 Å². The predicted molar refractivity (Wildman–Crippen MR) is 49.4 cm³/mol. The number of rotatable bonds is 0. The zero-order valence-corrected chi connectivity index (χ0v) is 8.58. The maximum atomic E-state index is 5.84. The Morgan fingerprint density at radius 1 is 1.00 bits per heavy atom. The molecule has 0 saturated heterocycles. The molecule has 0 atom stereocenters. The molecule has 0 aromatic carbocycles. The van der Waals surface area contributed by atoms with Crippen LogP contribution < -0.4 is 10.7 Å². The molecule has 0 spiro atoms. The van der Waals surface area contributed by atoms with Gasteiger partial charge in [0.2, 0.25) is 5.84 Å². The van der Waals surface area contributed by atoms with Crippen molar-refractivity contribution < 1.29 is 4.99 Å². The van der Waals surface area contributed by atoms with Gasteiger partial charge in [-0.3, -0.25) is 10.7 Å². The van der Waals surface area contributed by atoms with Crippen LogP contribution in [0.3, 0.4) is 0 Å². The highest BCUT2D eigenvalue weighted by atomic mass is 14.9. The molecular formula is C9H21N2+. The molecule has 3 N–H and O–H groups in total. The van der Waals surface area contributed by atoms with Gasteiger partial charge in [0.25, 0.3) is 0 Å². The molecule has 2 nitrogen and oxygen atoms in total. The number of hydrogen-bond acceptors (Lipinski definition) is 0. The van der Waals surface area contributed by atoms with Gasteiger partial charge in [-0.1, -0.05) is 0 Å². The molecule has 0 amide bonds. The van der Waals surface area contributed by atoms with Crippen molar-refractivity contribution in [2.45, 2.75) is 47.1 Å². The molecule has 0 saturated carbocycles. The van der Waals surface area contributed by atoms with E-state index in [2.05, 4.69) is 46.5 Å². The quantitative estimate of drug-likeness (QED) is 0.384. The SMILES string of the molecule is CC(C)(C)[NH+]=C(N)C(C)(C)C. The summed E-state index contributed by atoms with van der Waals surface area (Å²) in [5.41, 5.74) is 5.96. The monoisotopic (exact) mass is 157 g/mol. The third-order valence-electron chi connectivity index (χ3n) is 1.32. The molecule has 11 heavy (non-hydrogen) atoms. The van der Waals surface area contributed by atoms with Gasteiger partial charge in [0.05, 0.1) is 11.0 Å². The second kappa shape index (κ2) is 2.84. The Hall–Kier alpha value is -0.530. The van der Waals surface area contributed by atoms with Crippen LogP contribution in [0.4, 0.5) is 0 Å². The molecule has 0 aliphatic rings. The Morgan fingerprint density at radius 3 is 1.45 bits per heavy atom. The summed E-state index contributed by atoms with van der Waals surface area (Å²) in [4.78, 5) is 3.25. The minimum Gasteiger partial charge on any atom is -0.291 e. The van der Waals surface area contributed by atoms with Crippen LogP contribution in [0.2, 0.25) is 0 Å². The number of nitrogens with two attached hydrogens (primary N) is 1. The van der Waals surface area contributed by atoms with Crippen molar-refractivity contribution in [3.8, 4) is 0 Å². The summed E-state index contributed by atoms with van der Waals surface area (Å²) in [5.74, 6) is 0.852. The van der Waals surface area contributed by atoms with Gasteiger partial charge in [0.15, 0.2) is 0 Å². The fourth-order valence-electron chi connectivity index (χ4n) is 0.592. The van der Waals surface area contributed by atoms with Gasteiger partial charge >= 0.3 is 0 Å².